The zero-order valence-electron chi connectivity index (χ0n) is 19.6. The molecular weight excluding hydrogens is 492 g/mol. The van der Waals surface area contributed by atoms with E-state index in [4.69, 9.17) is 15.6 Å². The fraction of sp³-hybridized carbons (Fsp3) is 0.280. The highest BCUT2D eigenvalue weighted by Gasteiger charge is 2.47. The Bertz CT molecular complexity index is 1300. The number of hydrogen-bond acceptors (Lipinski definition) is 6. The lowest BCUT2D eigenvalue weighted by Gasteiger charge is -2.30. The number of ether oxygens (including phenoxy) is 1. The van der Waals surface area contributed by atoms with Crippen LogP contribution in [0.2, 0.25) is 0 Å². The van der Waals surface area contributed by atoms with Crippen LogP contribution < -0.4 is 5.73 Å². The first-order chi connectivity index (χ1) is 17.0. The number of carbonyl (C=O) groups is 1. The molecule has 1 aromatic heterocycles. The molecule has 1 fully saturated rings. The summed E-state index contributed by atoms with van der Waals surface area (Å²) < 4.78 is 61.2. The summed E-state index contributed by atoms with van der Waals surface area (Å²) in [6.45, 7) is 5.20. The van der Waals surface area contributed by atoms with Gasteiger partial charge >= 0.3 is 5.97 Å². The van der Waals surface area contributed by atoms with Gasteiger partial charge in [0.25, 0.3) is 0 Å². The van der Waals surface area contributed by atoms with Gasteiger partial charge in [0, 0.05) is 13.0 Å². The molecule has 1 saturated heterocycles. The number of nitrogens with two attached hydrogens (primary N) is 1. The molecule has 0 spiro atoms. The minimum Gasteiger partial charge on any atom is -0.480 e. The molecule has 36 heavy (non-hydrogen) atoms. The van der Waals surface area contributed by atoms with Crippen molar-refractivity contribution in [2.45, 2.75) is 36.3 Å². The normalized spacial score (nSPS) is 19.9. The SMILES string of the molecule is C=C(/C=C\C(F)=C/C)OC1(c2ccc(F)cn2)CCN(S(=O)(=O)c2cccc(C[C@H](N)C(=O)O)c2)C1. The third kappa shape index (κ3) is 6.23. The number of pyridine rings is 1. The van der Waals surface area contributed by atoms with Gasteiger partial charge in [0.15, 0.2) is 5.60 Å². The molecular formula is C25H27F2N3O5S. The lowest BCUT2D eigenvalue weighted by atomic mass is 9.97. The predicted molar refractivity (Wildman–Crippen MR) is 129 cm³/mol. The van der Waals surface area contributed by atoms with Crippen molar-refractivity contribution in [3.8, 4) is 0 Å². The summed E-state index contributed by atoms with van der Waals surface area (Å²) >= 11 is 0. The Labute approximate surface area is 208 Å². The molecule has 1 aliphatic rings. The maximum absolute atomic E-state index is 13.5. The van der Waals surface area contributed by atoms with Crippen molar-refractivity contribution >= 4 is 16.0 Å². The second kappa shape index (κ2) is 11.1. The van der Waals surface area contributed by atoms with E-state index in [9.17, 15) is 22.0 Å². The van der Waals surface area contributed by atoms with E-state index in [0.29, 0.717) is 11.3 Å². The van der Waals surface area contributed by atoms with Crippen LogP contribution in [-0.4, -0.2) is 47.9 Å². The van der Waals surface area contributed by atoms with E-state index in [2.05, 4.69) is 11.6 Å². The first-order valence-electron chi connectivity index (χ1n) is 11.0. The van der Waals surface area contributed by atoms with Crippen LogP contribution in [0.5, 0.6) is 0 Å². The highest BCUT2D eigenvalue weighted by molar-refractivity contribution is 7.89. The summed E-state index contributed by atoms with van der Waals surface area (Å²) in [7, 11) is -4.02. The summed E-state index contributed by atoms with van der Waals surface area (Å²) in [5, 5.41) is 9.05. The first-order valence-corrected chi connectivity index (χ1v) is 12.5. The van der Waals surface area contributed by atoms with E-state index in [0.717, 1.165) is 12.3 Å². The molecule has 3 N–H and O–H groups in total. The second-order valence-electron chi connectivity index (χ2n) is 8.32. The Morgan fingerprint density at radius 3 is 2.75 bits per heavy atom. The molecule has 0 bridgehead atoms. The standard InChI is InChI=1S/C25H27F2N3O5S/c1-3-19(26)8-7-17(2)35-25(23-10-9-20(27)15-29-23)11-12-30(16-25)36(33,34)21-6-4-5-18(13-21)14-22(28)24(31)32/h3-10,13,15,22H,2,11-12,14,16,28H2,1H3,(H,31,32)/b8-7-,19-3+/t22-,25?/m0/s1. The van der Waals surface area contributed by atoms with Crippen LogP contribution >= 0.6 is 0 Å². The molecule has 8 nitrogen and oxygen atoms in total. The lowest BCUT2D eigenvalue weighted by Crippen LogP contribution is -2.37. The molecule has 1 unspecified atom stereocenters. The number of benzene rings is 1. The van der Waals surface area contributed by atoms with Gasteiger partial charge in [-0.1, -0.05) is 24.8 Å². The second-order valence-corrected chi connectivity index (χ2v) is 10.3. The van der Waals surface area contributed by atoms with Crippen molar-refractivity contribution in [3.63, 3.8) is 0 Å². The maximum Gasteiger partial charge on any atom is 0.320 e. The van der Waals surface area contributed by atoms with Crippen LogP contribution in [0, 0.1) is 5.82 Å². The van der Waals surface area contributed by atoms with Crippen molar-refractivity contribution in [2.75, 3.05) is 13.1 Å². The highest BCUT2D eigenvalue weighted by Crippen LogP contribution is 2.39. The molecule has 2 aromatic rings. The number of carboxylic acids is 1. The number of aliphatic carboxylic acids is 1. The largest absolute Gasteiger partial charge is 0.480 e. The van der Waals surface area contributed by atoms with Crippen LogP contribution in [0.1, 0.15) is 24.6 Å². The predicted octanol–water partition coefficient (Wildman–Crippen LogP) is 3.42. The Morgan fingerprint density at radius 2 is 2.11 bits per heavy atom. The third-order valence-electron chi connectivity index (χ3n) is 5.73. The number of hydrogen-bond donors (Lipinski definition) is 2. The number of aromatic nitrogens is 1. The summed E-state index contributed by atoms with van der Waals surface area (Å²) in [5.41, 5.74) is 5.05. The van der Waals surface area contributed by atoms with Gasteiger partial charge < -0.3 is 15.6 Å². The maximum atomic E-state index is 13.5. The molecule has 2 atom stereocenters. The first kappa shape index (κ1) is 27.2. The minimum atomic E-state index is -4.02. The van der Waals surface area contributed by atoms with Gasteiger partial charge in [0.1, 0.15) is 23.4 Å². The van der Waals surface area contributed by atoms with Crippen molar-refractivity contribution in [2.24, 2.45) is 5.73 Å². The smallest absolute Gasteiger partial charge is 0.320 e. The topological polar surface area (TPSA) is 123 Å². The fourth-order valence-electron chi connectivity index (χ4n) is 3.82. The van der Waals surface area contributed by atoms with Gasteiger partial charge in [-0.15, -0.1) is 0 Å². The van der Waals surface area contributed by atoms with Crippen LogP contribution in [0.3, 0.4) is 0 Å². The number of allylic oxidation sites excluding steroid dienone is 4. The molecule has 1 aliphatic heterocycles. The van der Waals surface area contributed by atoms with Crippen LogP contribution in [0.4, 0.5) is 8.78 Å². The highest BCUT2D eigenvalue weighted by atomic mass is 32.2. The number of halogens is 2. The minimum absolute atomic E-state index is 0.0330. The molecule has 11 heteroatoms. The van der Waals surface area contributed by atoms with Crippen LogP contribution in [0.25, 0.3) is 0 Å². The Kier molecular flexibility index (Phi) is 8.39. The van der Waals surface area contributed by atoms with Crippen molar-refractivity contribution < 1.29 is 31.8 Å². The van der Waals surface area contributed by atoms with Gasteiger partial charge in [-0.3, -0.25) is 9.78 Å². The number of rotatable bonds is 10. The molecule has 2 heterocycles. The average molecular weight is 520 g/mol. The van der Waals surface area contributed by atoms with E-state index < -0.39 is 39.3 Å². The Morgan fingerprint density at radius 1 is 1.36 bits per heavy atom. The summed E-state index contributed by atoms with van der Waals surface area (Å²) in [5.74, 6) is -2.20. The van der Waals surface area contributed by atoms with Gasteiger partial charge in [-0.05, 0) is 55.3 Å². The van der Waals surface area contributed by atoms with Crippen LogP contribution in [-0.2, 0) is 31.6 Å². The summed E-state index contributed by atoms with van der Waals surface area (Å²) in [6, 6.07) is 7.33. The number of carboxylic acid groups (broad SMARTS) is 1. The molecule has 192 valence electrons. The van der Waals surface area contributed by atoms with Crippen molar-refractivity contribution in [3.05, 3.63) is 96.1 Å². The van der Waals surface area contributed by atoms with Gasteiger partial charge in [0.2, 0.25) is 10.0 Å². The van der Waals surface area contributed by atoms with Crippen LogP contribution in [0.15, 0.2) is 83.9 Å². The van der Waals surface area contributed by atoms with E-state index in [1.165, 1.54) is 53.7 Å². The summed E-state index contributed by atoms with van der Waals surface area (Å²) in [4.78, 5) is 15.2. The van der Waals surface area contributed by atoms with Gasteiger partial charge in [0.05, 0.1) is 23.3 Å². The molecule has 0 aliphatic carbocycles. The molecule has 1 aromatic carbocycles. The van der Waals surface area contributed by atoms with E-state index in [1.54, 1.807) is 6.07 Å². The monoisotopic (exact) mass is 519 g/mol. The number of sulfonamides is 1. The Balaban J connectivity index is 1.91. The Hall–Kier alpha value is -3.41. The lowest BCUT2D eigenvalue weighted by molar-refractivity contribution is -0.138. The zero-order valence-corrected chi connectivity index (χ0v) is 20.4. The van der Waals surface area contributed by atoms with E-state index >= 15 is 0 Å². The third-order valence-corrected chi connectivity index (χ3v) is 7.57. The quantitative estimate of drug-likeness (QED) is 0.364. The molecule has 0 amide bonds. The molecule has 3 rings (SSSR count). The van der Waals surface area contributed by atoms with E-state index in [1.807, 2.05) is 0 Å². The molecule has 0 radical (unpaired) electrons. The number of nitrogens with zero attached hydrogens (tertiary/aromatic N) is 2. The van der Waals surface area contributed by atoms with E-state index in [-0.39, 0.29) is 36.6 Å². The summed E-state index contributed by atoms with van der Waals surface area (Å²) in [6.07, 6.45) is 4.86. The fourth-order valence-corrected chi connectivity index (χ4v) is 5.38. The zero-order chi connectivity index (χ0) is 26.5. The molecule has 0 saturated carbocycles. The van der Waals surface area contributed by atoms with Crippen molar-refractivity contribution in [1.29, 1.82) is 0 Å². The van der Waals surface area contributed by atoms with Gasteiger partial charge in [-0.25, -0.2) is 17.2 Å². The van der Waals surface area contributed by atoms with Gasteiger partial charge in [-0.2, -0.15) is 4.31 Å². The van der Waals surface area contributed by atoms with Crippen molar-refractivity contribution in [1.82, 2.24) is 9.29 Å². The average Bonchev–Trinajstić information content (AvgIpc) is 3.28.